The molecule has 7 heteroatoms. The normalized spacial score (nSPS) is 11.7. The number of aromatic amines is 1. The van der Waals surface area contributed by atoms with Gasteiger partial charge in [0.2, 0.25) is 0 Å². The molecule has 0 fully saturated rings. The quantitative estimate of drug-likeness (QED) is 0.553. The molecule has 0 aliphatic rings. The number of aromatic nitrogens is 2. The van der Waals surface area contributed by atoms with Crippen LogP contribution in [0.4, 0.5) is 0 Å². The SMILES string of the molecule is Cc1ccc(-c2[nH]ncc2/C=N\NS(=O)(=O)c2ccccc2)cc1. The number of hydrogen-bond acceptors (Lipinski definition) is 4. The van der Waals surface area contributed by atoms with Crippen LogP contribution in [0.5, 0.6) is 0 Å². The van der Waals surface area contributed by atoms with Gasteiger partial charge in [-0.2, -0.15) is 18.6 Å². The van der Waals surface area contributed by atoms with Crippen LogP contribution < -0.4 is 4.83 Å². The minimum absolute atomic E-state index is 0.160. The zero-order valence-electron chi connectivity index (χ0n) is 13.0. The number of rotatable bonds is 5. The number of H-pyrrole nitrogens is 1. The first-order valence-electron chi connectivity index (χ1n) is 7.26. The van der Waals surface area contributed by atoms with E-state index in [1.165, 1.54) is 18.3 Å². The summed E-state index contributed by atoms with van der Waals surface area (Å²) in [5.74, 6) is 0. The average molecular weight is 340 g/mol. The molecule has 0 amide bonds. The van der Waals surface area contributed by atoms with E-state index in [0.717, 1.165) is 16.8 Å². The van der Waals surface area contributed by atoms with Crippen LogP contribution in [0.15, 0.2) is 70.8 Å². The van der Waals surface area contributed by atoms with Gasteiger partial charge in [-0.05, 0) is 19.1 Å². The maximum absolute atomic E-state index is 12.1. The largest absolute Gasteiger partial charge is 0.277 e. The lowest BCUT2D eigenvalue weighted by Gasteiger charge is -2.03. The summed E-state index contributed by atoms with van der Waals surface area (Å²) in [6.07, 6.45) is 3.02. The third-order valence-electron chi connectivity index (χ3n) is 3.44. The fraction of sp³-hybridized carbons (Fsp3) is 0.0588. The Balaban J connectivity index is 1.79. The van der Waals surface area contributed by atoms with Crippen LogP contribution >= 0.6 is 0 Å². The molecule has 2 N–H and O–H groups in total. The molecule has 2 aromatic carbocycles. The summed E-state index contributed by atoms with van der Waals surface area (Å²) in [4.78, 5) is 2.36. The Hall–Kier alpha value is -2.93. The summed E-state index contributed by atoms with van der Waals surface area (Å²) in [6, 6.07) is 16.0. The molecular weight excluding hydrogens is 324 g/mol. The minimum Gasteiger partial charge on any atom is -0.277 e. The Morgan fingerprint density at radius 3 is 2.50 bits per heavy atom. The highest BCUT2D eigenvalue weighted by Gasteiger charge is 2.11. The maximum Gasteiger partial charge on any atom is 0.276 e. The third kappa shape index (κ3) is 3.52. The van der Waals surface area contributed by atoms with Crippen molar-refractivity contribution in [2.24, 2.45) is 5.10 Å². The second-order valence-corrected chi connectivity index (χ2v) is 6.89. The van der Waals surface area contributed by atoms with Crippen LogP contribution in [-0.4, -0.2) is 24.8 Å². The van der Waals surface area contributed by atoms with E-state index in [1.54, 1.807) is 24.4 Å². The van der Waals surface area contributed by atoms with E-state index >= 15 is 0 Å². The maximum atomic E-state index is 12.1. The lowest BCUT2D eigenvalue weighted by molar-refractivity contribution is 0.584. The van der Waals surface area contributed by atoms with E-state index in [4.69, 9.17) is 0 Å². The molecule has 0 atom stereocenters. The Bertz CT molecular complexity index is 946. The zero-order valence-corrected chi connectivity index (χ0v) is 13.8. The molecule has 0 bridgehead atoms. The number of benzene rings is 2. The first kappa shape index (κ1) is 15.9. The van der Waals surface area contributed by atoms with Gasteiger partial charge >= 0.3 is 0 Å². The van der Waals surface area contributed by atoms with E-state index in [0.29, 0.717) is 5.56 Å². The van der Waals surface area contributed by atoms with Gasteiger partial charge in [0.05, 0.1) is 23.0 Å². The van der Waals surface area contributed by atoms with E-state index < -0.39 is 10.0 Å². The molecule has 24 heavy (non-hydrogen) atoms. The van der Waals surface area contributed by atoms with E-state index in [9.17, 15) is 8.42 Å². The van der Waals surface area contributed by atoms with Gasteiger partial charge in [0.25, 0.3) is 10.0 Å². The fourth-order valence-corrected chi connectivity index (χ4v) is 2.97. The summed E-state index contributed by atoms with van der Waals surface area (Å²) in [5, 5.41) is 10.7. The van der Waals surface area contributed by atoms with Gasteiger partial charge in [-0.1, -0.05) is 48.0 Å². The number of hydrazone groups is 1. The second-order valence-electron chi connectivity index (χ2n) is 5.23. The van der Waals surface area contributed by atoms with Crippen LogP contribution in [-0.2, 0) is 10.0 Å². The van der Waals surface area contributed by atoms with Gasteiger partial charge in [-0.3, -0.25) is 5.10 Å². The Kier molecular flexibility index (Phi) is 4.43. The number of nitrogens with zero attached hydrogens (tertiary/aromatic N) is 2. The second kappa shape index (κ2) is 6.67. The Morgan fingerprint density at radius 1 is 1.08 bits per heavy atom. The summed E-state index contributed by atoms with van der Waals surface area (Å²) in [7, 11) is -3.68. The molecule has 0 saturated heterocycles. The summed E-state index contributed by atoms with van der Waals surface area (Å²) in [6.45, 7) is 2.01. The van der Waals surface area contributed by atoms with Crippen molar-refractivity contribution < 1.29 is 8.42 Å². The molecule has 0 saturated carbocycles. The molecule has 3 rings (SSSR count). The van der Waals surface area contributed by atoms with Crippen LogP contribution in [0.3, 0.4) is 0 Å². The molecular formula is C17H16N4O2S. The number of nitrogens with one attached hydrogen (secondary N) is 2. The topological polar surface area (TPSA) is 87.2 Å². The first-order valence-corrected chi connectivity index (χ1v) is 8.75. The molecule has 122 valence electrons. The van der Waals surface area contributed by atoms with Gasteiger partial charge in [-0.15, -0.1) is 0 Å². The predicted molar refractivity (Wildman–Crippen MR) is 93.1 cm³/mol. The molecule has 0 radical (unpaired) electrons. The fourth-order valence-electron chi connectivity index (χ4n) is 2.16. The summed E-state index contributed by atoms with van der Waals surface area (Å²) in [5.41, 5.74) is 3.57. The highest BCUT2D eigenvalue weighted by molar-refractivity contribution is 7.89. The van der Waals surface area contributed by atoms with Crippen LogP contribution in [0.2, 0.25) is 0 Å². The highest BCUT2D eigenvalue weighted by Crippen LogP contribution is 2.20. The molecule has 3 aromatic rings. The van der Waals surface area contributed by atoms with Crippen molar-refractivity contribution >= 4 is 16.2 Å². The van der Waals surface area contributed by atoms with Crippen LogP contribution in [0.1, 0.15) is 11.1 Å². The van der Waals surface area contributed by atoms with Gasteiger partial charge in [0.15, 0.2) is 0 Å². The third-order valence-corrected chi connectivity index (χ3v) is 4.68. The monoisotopic (exact) mass is 340 g/mol. The van der Waals surface area contributed by atoms with Crippen LogP contribution in [0, 0.1) is 6.92 Å². The summed E-state index contributed by atoms with van der Waals surface area (Å²) >= 11 is 0. The van der Waals surface area contributed by atoms with Gasteiger partial charge < -0.3 is 0 Å². The van der Waals surface area contributed by atoms with Gasteiger partial charge in [0.1, 0.15) is 0 Å². The number of sulfonamides is 1. The first-order chi connectivity index (χ1) is 11.6. The van der Waals surface area contributed by atoms with E-state index in [1.807, 2.05) is 31.2 Å². The van der Waals surface area contributed by atoms with E-state index in [2.05, 4.69) is 20.1 Å². The van der Waals surface area contributed by atoms with Crippen molar-refractivity contribution in [3.05, 3.63) is 71.9 Å². The Morgan fingerprint density at radius 2 is 1.79 bits per heavy atom. The van der Waals surface area contributed by atoms with Gasteiger partial charge in [0, 0.05) is 11.1 Å². The average Bonchev–Trinajstić information content (AvgIpc) is 3.05. The lowest BCUT2D eigenvalue weighted by Crippen LogP contribution is -2.18. The number of hydrogen-bond donors (Lipinski definition) is 2. The molecule has 0 aliphatic carbocycles. The van der Waals surface area contributed by atoms with Crippen molar-refractivity contribution in [2.75, 3.05) is 0 Å². The van der Waals surface area contributed by atoms with Crippen molar-refractivity contribution in [3.8, 4) is 11.3 Å². The van der Waals surface area contributed by atoms with Crippen molar-refractivity contribution in [1.29, 1.82) is 0 Å². The standard InChI is InChI=1S/C17H16N4O2S/c1-13-7-9-14(10-8-13)17-15(11-18-20-17)12-19-21-24(22,23)16-5-3-2-4-6-16/h2-12,21H,1H3,(H,18,20)/b19-12-. The minimum atomic E-state index is -3.68. The molecule has 0 unspecified atom stereocenters. The van der Waals surface area contributed by atoms with Gasteiger partial charge in [-0.25, -0.2) is 4.83 Å². The smallest absolute Gasteiger partial charge is 0.276 e. The Labute approximate surface area is 140 Å². The van der Waals surface area contributed by atoms with E-state index in [-0.39, 0.29) is 4.90 Å². The van der Waals surface area contributed by atoms with Crippen molar-refractivity contribution in [3.63, 3.8) is 0 Å². The molecule has 6 nitrogen and oxygen atoms in total. The zero-order chi connectivity index (χ0) is 17.0. The molecule has 0 aliphatic heterocycles. The van der Waals surface area contributed by atoms with Crippen molar-refractivity contribution in [2.45, 2.75) is 11.8 Å². The predicted octanol–water partition coefficient (Wildman–Crippen LogP) is 2.70. The lowest BCUT2D eigenvalue weighted by atomic mass is 10.1. The molecule has 1 aromatic heterocycles. The number of aryl methyl sites for hydroxylation is 1. The molecule has 0 spiro atoms. The summed E-state index contributed by atoms with van der Waals surface area (Å²) < 4.78 is 24.2. The molecule has 1 heterocycles. The van der Waals surface area contributed by atoms with Crippen LogP contribution in [0.25, 0.3) is 11.3 Å². The van der Waals surface area contributed by atoms with Crippen molar-refractivity contribution in [1.82, 2.24) is 15.0 Å². The highest BCUT2D eigenvalue weighted by atomic mass is 32.2.